The van der Waals surface area contributed by atoms with E-state index >= 15 is 0 Å². The fourth-order valence-corrected chi connectivity index (χ4v) is 2.63. The van der Waals surface area contributed by atoms with Crippen LogP contribution in [0.25, 0.3) is 0 Å². The molecule has 0 aromatic rings. The van der Waals surface area contributed by atoms with Crippen LogP contribution in [0, 0.1) is 0 Å². The molecule has 0 N–H and O–H groups in total. The van der Waals surface area contributed by atoms with Crippen molar-refractivity contribution in [3.63, 3.8) is 0 Å². The van der Waals surface area contributed by atoms with Crippen LogP contribution in [-0.4, -0.2) is 16.0 Å². The lowest BCUT2D eigenvalue weighted by atomic mass is 10.1. The molecule has 0 heterocycles. The summed E-state index contributed by atoms with van der Waals surface area (Å²) in [7, 11) is 0. The first-order chi connectivity index (χ1) is 10.4. The fourth-order valence-electron chi connectivity index (χ4n) is 2.22. The van der Waals surface area contributed by atoms with Crippen molar-refractivity contribution in [1.29, 1.82) is 0 Å². The first-order valence-corrected chi connectivity index (χ1v) is 9.53. The van der Waals surface area contributed by atoms with E-state index in [4.69, 9.17) is 0 Å². The Hall–Kier alpha value is -0.160. The van der Waals surface area contributed by atoms with E-state index in [0.29, 0.717) is 6.42 Å². The number of carbonyl (C=O) groups is 2. The highest BCUT2D eigenvalue weighted by atomic mass is 32.2. The maximum Gasteiger partial charge on any atom is 0.339 e. The molecule has 22 heavy (non-hydrogen) atoms. The van der Waals surface area contributed by atoms with Crippen LogP contribution >= 0.6 is 25.3 Å². The van der Waals surface area contributed by atoms with Gasteiger partial charge in [-0.2, -0.15) is 25.3 Å². The highest BCUT2D eigenvalue weighted by Crippen LogP contribution is 2.29. The second kappa shape index (κ2) is 13.3. The normalized spacial score (nSPS) is 11.5. The van der Waals surface area contributed by atoms with Gasteiger partial charge in [-0.25, -0.2) is 4.79 Å². The molecule has 0 spiro atoms. The molecule has 0 aromatic heterocycles. The zero-order valence-electron chi connectivity index (χ0n) is 14.1. The van der Waals surface area contributed by atoms with Gasteiger partial charge in [0.25, 0.3) is 0 Å². The SMILES string of the molecule is CCCCCCCCCCCCC(S)(S)C(=O)OC(=O)CC. The molecule has 0 aliphatic rings. The molecule has 5 heteroatoms. The van der Waals surface area contributed by atoms with E-state index in [1.54, 1.807) is 6.92 Å². The van der Waals surface area contributed by atoms with E-state index in [-0.39, 0.29) is 6.42 Å². The van der Waals surface area contributed by atoms with Crippen molar-refractivity contribution >= 4 is 37.2 Å². The van der Waals surface area contributed by atoms with Crippen molar-refractivity contribution in [1.82, 2.24) is 0 Å². The van der Waals surface area contributed by atoms with Gasteiger partial charge in [-0.15, -0.1) is 0 Å². The monoisotopic (exact) mass is 348 g/mol. The molecular formula is C17H32O3S2. The summed E-state index contributed by atoms with van der Waals surface area (Å²) in [5, 5.41) is 0. The van der Waals surface area contributed by atoms with Crippen molar-refractivity contribution in [2.75, 3.05) is 0 Å². The number of carbonyl (C=O) groups excluding carboxylic acids is 2. The molecule has 0 aromatic carbocycles. The molecule has 0 amide bonds. The molecule has 0 aliphatic carbocycles. The first kappa shape index (κ1) is 21.8. The number of unbranched alkanes of at least 4 members (excludes halogenated alkanes) is 9. The van der Waals surface area contributed by atoms with Crippen LogP contribution < -0.4 is 0 Å². The minimum absolute atomic E-state index is 0.182. The average molecular weight is 349 g/mol. The van der Waals surface area contributed by atoms with Crippen LogP contribution in [0.2, 0.25) is 0 Å². The van der Waals surface area contributed by atoms with Crippen LogP contribution in [0.3, 0.4) is 0 Å². The second-order valence-corrected chi connectivity index (χ2v) is 7.74. The number of hydrogen-bond acceptors (Lipinski definition) is 5. The van der Waals surface area contributed by atoms with E-state index < -0.39 is 16.0 Å². The smallest absolute Gasteiger partial charge is 0.339 e. The number of thiol groups is 2. The van der Waals surface area contributed by atoms with Crippen LogP contribution in [0.5, 0.6) is 0 Å². The van der Waals surface area contributed by atoms with E-state index in [2.05, 4.69) is 36.9 Å². The Morgan fingerprint density at radius 2 is 1.27 bits per heavy atom. The van der Waals surface area contributed by atoms with Gasteiger partial charge in [0.15, 0.2) is 4.08 Å². The largest absolute Gasteiger partial charge is 0.391 e. The topological polar surface area (TPSA) is 43.4 Å². The van der Waals surface area contributed by atoms with Crippen molar-refractivity contribution in [3.8, 4) is 0 Å². The minimum atomic E-state index is -1.16. The summed E-state index contributed by atoms with van der Waals surface area (Å²) in [6, 6.07) is 0. The molecule has 0 saturated heterocycles. The lowest BCUT2D eigenvalue weighted by molar-refractivity contribution is -0.159. The number of ether oxygens (including phenoxy) is 1. The Morgan fingerprint density at radius 1 is 0.818 bits per heavy atom. The maximum atomic E-state index is 11.7. The molecule has 0 bridgehead atoms. The molecule has 0 radical (unpaired) electrons. The van der Waals surface area contributed by atoms with E-state index in [9.17, 15) is 9.59 Å². The molecule has 0 fully saturated rings. The summed E-state index contributed by atoms with van der Waals surface area (Å²) in [6.07, 6.45) is 13.0. The molecule has 0 atom stereocenters. The molecule has 0 rings (SSSR count). The van der Waals surface area contributed by atoms with Gasteiger partial charge >= 0.3 is 11.9 Å². The average Bonchev–Trinajstić information content (AvgIpc) is 2.48. The van der Waals surface area contributed by atoms with Crippen LogP contribution in [0.1, 0.15) is 90.9 Å². The third-order valence-electron chi connectivity index (χ3n) is 3.70. The van der Waals surface area contributed by atoms with Gasteiger partial charge in [0.05, 0.1) is 0 Å². The Bertz CT molecular complexity index is 317. The first-order valence-electron chi connectivity index (χ1n) is 8.64. The lowest BCUT2D eigenvalue weighted by Crippen LogP contribution is -2.30. The maximum absolute atomic E-state index is 11.7. The standard InChI is InChI=1S/C17H32O3S2/c1-3-5-6-7-8-9-10-11-12-13-14-17(21,22)16(19)20-15(18)4-2/h21-22H,3-14H2,1-2H3. The summed E-state index contributed by atoms with van der Waals surface area (Å²) < 4.78 is 3.51. The van der Waals surface area contributed by atoms with E-state index in [0.717, 1.165) is 12.8 Å². The summed E-state index contributed by atoms with van der Waals surface area (Å²) in [6.45, 7) is 3.88. The Balaban J connectivity index is 3.60. The molecule has 130 valence electrons. The van der Waals surface area contributed by atoms with Gasteiger partial charge in [0, 0.05) is 6.42 Å². The minimum Gasteiger partial charge on any atom is -0.391 e. The highest BCUT2D eigenvalue weighted by molar-refractivity contribution is 8.01. The predicted molar refractivity (Wildman–Crippen MR) is 98.6 cm³/mol. The number of hydrogen-bond donors (Lipinski definition) is 2. The molecular weight excluding hydrogens is 316 g/mol. The Labute approximate surface area is 146 Å². The molecule has 3 nitrogen and oxygen atoms in total. The molecule has 0 saturated carbocycles. The molecule has 0 unspecified atom stereocenters. The quantitative estimate of drug-likeness (QED) is 0.155. The van der Waals surface area contributed by atoms with Gasteiger partial charge in [-0.05, 0) is 6.42 Å². The van der Waals surface area contributed by atoms with Crippen LogP contribution in [0.15, 0.2) is 0 Å². The van der Waals surface area contributed by atoms with Crippen molar-refractivity contribution in [2.45, 2.75) is 95.0 Å². The predicted octanol–water partition coefficient (Wildman–Crippen LogP) is 5.33. The van der Waals surface area contributed by atoms with Gasteiger partial charge in [-0.3, -0.25) is 4.79 Å². The number of rotatable bonds is 13. The van der Waals surface area contributed by atoms with E-state index in [1.165, 1.54) is 51.4 Å². The zero-order chi connectivity index (χ0) is 16.8. The van der Waals surface area contributed by atoms with Crippen molar-refractivity contribution in [3.05, 3.63) is 0 Å². The second-order valence-electron chi connectivity index (χ2n) is 5.86. The van der Waals surface area contributed by atoms with Gasteiger partial charge in [-0.1, -0.05) is 78.1 Å². The highest BCUT2D eigenvalue weighted by Gasteiger charge is 2.32. The Kier molecular flexibility index (Phi) is 13.2. The number of esters is 2. The van der Waals surface area contributed by atoms with Crippen molar-refractivity contribution < 1.29 is 14.3 Å². The fraction of sp³-hybridized carbons (Fsp3) is 0.882. The lowest BCUT2D eigenvalue weighted by Gasteiger charge is -2.19. The van der Waals surface area contributed by atoms with Gasteiger partial charge in [0.2, 0.25) is 0 Å². The third-order valence-corrected chi connectivity index (χ3v) is 4.51. The summed E-state index contributed by atoms with van der Waals surface area (Å²) in [5.74, 6) is -1.18. The zero-order valence-corrected chi connectivity index (χ0v) is 15.9. The van der Waals surface area contributed by atoms with Crippen molar-refractivity contribution in [2.24, 2.45) is 0 Å². The van der Waals surface area contributed by atoms with Crippen LogP contribution in [-0.2, 0) is 14.3 Å². The summed E-state index contributed by atoms with van der Waals surface area (Å²) in [4.78, 5) is 22.8. The van der Waals surface area contributed by atoms with Crippen LogP contribution in [0.4, 0.5) is 0 Å². The van der Waals surface area contributed by atoms with E-state index in [1.807, 2.05) is 0 Å². The summed E-state index contributed by atoms with van der Waals surface area (Å²) >= 11 is 8.45. The summed E-state index contributed by atoms with van der Waals surface area (Å²) in [5.41, 5.74) is 0. The Morgan fingerprint density at radius 3 is 1.73 bits per heavy atom. The van der Waals surface area contributed by atoms with Gasteiger partial charge < -0.3 is 4.74 Å². The molecule has 0 aliphatic heterocycles. The third kappa shape index (κ3) is 11.4. The van der Waals surface area contributed by atoms with Gasteiger partial charge in [0.1, 0.15) is 0 Å².